The predicted molar refractivity (Wildman–Crippen MR) is 56.6 cm³/mol. The first kappa shape index (κ1) is 12.9. The van der Waals surface area contributed by atoms with Gasteiger partial charge in [0.15, 0.2) is 0 Å². The van der Waals surface area contributed by atoms with E-state index in [1.54, 1.807) is 0 Å². The summed E-state index contributed by atoms with van der Waals surface area (Å²) in [5.74, 6) is 0. The fraction of sp³-hybridized carbons (Fsp3) is 1.00. The van der Waals surface area contributed by atoms with Crippen LogP contribution in [0.25, 0.3) is 0 Å². The van der Waals surface area contributed by atoms with Gasteiger partial charge in [0, 0.05) is 12.6 Å². The maximum absolute atomic E-state index is 8.97. The highest BCUT2D eigenvalue weighted by Gasteiger charge is 2.23. The van der Waals surface area contributed by atoms with E-state index in [9.17, 15) is 0 Å². The Morgan fingerprint density at radius 2 is 2.08 bits per heavy atom. The van der Waals surface area contributed by atoms with Gasteiger partial charge in [-0.05, 0) is 32.4 Å². The molecule has 0 amide bonds. The quantitative estimate of drug-likeness (QED) is 0.644. The molecule has 13 heavy (non-hydrogen) atoms. The van der Waals surface area contributed by atoms with Crippen molar-refractivity contribution < 1.29 is 5.11 Å². The summed E-state index contributed by atoms with van der Waals surface area (Å²) < 4.78 is 0. The summed E-state index contributed by atoms with van der Waals surface area (Å²) in [5, 5.41) is 8.97. The van der Waals surface area contributed by atoms with Crippen LogP contribution in [0, 0.1) is 5.41 Å². The molecule has 0 spiro atoms. The van der Waals surface area contributed by atoms with Crippen LogP contribution in [0.15, 0.2) is 0 Å². The van der Waals surface area contributed by atoms with Crippen LogP contribution in [-0.4, -0.2) is 42.8 Å². The van der Waals surface area contributed by atoms with Crippen molar-refractivity contribution in [1.29, 1.82) is 0 Å². The van der Waals surface area contributed by atoms with Gasteiger partial charge in [-0.15, -0.1) is 0 Å². The molecule has 0 aliphatic heterocycles. The van der Waals surface area contributed by atoms with Crippen LogP contribution < -0.4 is 5.73 Å². The zero-order valence-electron chi connectivity index (χ0n) is 9.38. The Morgan fingerprint density at radius 1 is 1.54 bits per heavy atom. The first-order chi connectivity index (χ1) is 5.99. The molecule has 0 heterocycles. The molecule has 0 aromatic heterocycles. The standard InChI is InChI=1S/C10H24N2O/c1-5-10(3,7-11)8-12(4)9(2)6-13/h9,13H,5-8,11H2,1-4H3. The van der Waals surface area contributed by atoms with Gasteiger partial charge in [0.25, 0.3) is 0 Å². The van der Waals surface area contributed by atoms with E-state index >= 15 is 0 Å². The molecule has 0 bridgehead atoms. The minimum absolute atomic E-state index is 0.179. The number of rotatable bonds is 6. The Labute approximate surface area is 81.9 Å². The van der Waals surface area contributed by atoms with Crippen LogP contribution in [0.1, 0.15) is 27.2 Å². The lowest BCUT2D eigenvalue weighted by Crippen LogP contribution is -2.43. The Hall–Kier alpha value is -0.120. The highest BCUT2D eigenvalue weighted by atomic mass is 16.3. The van der Waals surface area contributed by atoms with Gasteiger partial charge < -0.3 is 15.7 Å². The van der Waals surface area contributed by atoms with E-state index < -0.39 is 0 Å². The van der Waals surface area contributed by atoms with Gasteiger partial charge in [-0.2, -0.15) is 0 Å². The van der Waals surface area contributed by atoms with Crippen molar-refractivity contribution in [3.63, 3.8) is 0 Å². The van der Waals surface area contributed by atoms with Gasteiger partial charge in [-0.3, -0.25) is 0 Å². The Bertz CT molecular complexity index is 135. The Morgan fingerprint density at radius 3 is 2.38 bits per heavy atom. The number of nitrogens with two attached hydrogens (primary N) is 1. The molecule has 0 aliphatic rings. The Kier molecular flexibility index (Phi) is 5.53. The molecule has 0 saturated heterocycles. The molecule has 0 radical (unpaired) electrons. The third-order valence-electron chi connectivity index (χ3n) is 2.99. The molecule has 0 rings (SSSR count). The van der Waals surface area contributed by atoms with Crippen molar-refractivity contribution in [2.75, 3.05) is 26.7 Å². The lowest BCUT2D eigenvalue weighted by molar-refractivity contribution is 0.112. The number of hydrogen-bond acceptors (Lipinski definition) is 3. The number of aliphatic hydroxyl groups is 1. The van der Waals surface area contributed by atoms with E-state index in [0.29, 0.717) is 6.54 Å². The number of aliphatic hydroxyl groups excluding tert-OH is 1. The van der Waals surface area contributed by atoms with E-state index in [4.69, 9.17) is 10.8 Å². The topological polar surface area (TPSA) is 49.5 Å². The zero-order valence-corrected chi connectivity index (χ0v) is 9.38. The normalized spacial score (nSPS) is 18.7. The second kappa shape index (κ2) is 5.58. The molecule has 0 fully saturated rings. The van der Waals surface area contributed by atoms with Crippen molar-refractivity contribution in [1.82, 2.24) is 4.90 Å². The molecule has 2 unspecified atom stereocenters. The molecule has 0 aromatic carbocycles. The molecule has 0 saturated carbocycles. The minimum Gasteiger partial charge on any atom is -0.395 e. The molecule has 3 heteroatoms. The fourth-order valence-corrected chi connectivity index (χ4v) is 1.22. The van der Waals surface area contributed by atoms with E-state index in [-0.39, 0.29) is 18.1 Å². The van der Waals surface area contributed by atoms with Gasteiger partial charge in [-0.1, -0.05) is 13.8 Å². The average molecular weight is 188 g/mol. The van der Waals surface area contributed by atoms with Gasteiger partial charge in [0.1, 0.15) is 0 Å². The molecule has 3 N–H and O–H groups in total. The monoisotopic (exact) mass is 188 g/mol. The number of likely N-dealkylation sites (N-methyl/N-ethyl adjacent to an activating group) is 1. The summed E-state index contributed by atoms with van der Waals surface area (Å²) in [5.41, 5.74) is 5.90. The van der Waals surface area contributed by atoms with Crippen LogP contribution in [-0.2, 0) is 0 Å². The minimum atomic E-state index is 0.179. The largest absolute Gasteiger partial charge is 0.395 e. The van der Waals surface area contributed by atoms with Gasteiger partial charge in [0.2, 0.25) is 0 Å². The Balaban J connectivity index is 4.08. The predicted octanol–water partition coefficient (Wildman–Crippen LogP) is 0.674. The van der Waals surface area contributed by atoms with Crippen LogP contribution in [0.2, 0.25) is 0 Å². The van der Waals surface area contributed by atoms with Crippen molar-refractivity contribution in [2.45, 2.75) is 33.2 Å². The SMILES string of the molecule is CCC(C)(CN)CN(C)C(C)CO. The second-order valence-corrected chi connectivity index (χ2v) is 4.32. The summed E-state index contributed by atoms with van der Waals surface area (Å²) in [6, 6.07) is 0.220. The summed E-state index contributed by atoms with van der Waals surface area (Å²) in [6.45, 7) is 8.22. The maximum atomic E-state index is 8.97. The highest BCUT2D eigenvalue weighted by Crippen LogP contribution is 2.20. The molecular weight excluding hydrogens is 164 g/mol. The molecule has 3 nitrogen and oxygen atoms in total. The fourth-order valence-electron chi connectivity index (χ4n) is 1.22. The van der Waals surface area contributed by atoms with E-state index in [1.165, 1.54) is 0 Å². The van der Waals surface area contributed by atoms with E-state index in [1.807, 2.05) is 14.0 Å². The zero-order chi connectivity index (χ0) is 10.5. The van der Waals surface area contributed by atoms with Crippen LogP contribution in [0.4, 0.5) is 0 Å². The van der Waals surface area contributed by atoms with E-state index in [2.05, 4.69) is 18.7 Å². The summed E-state index contributed by atoms with van der Waals surface area (Å²) in [4.78, 5) is 2.16. The first-order valence-corrected chi connectivity index (χ1v) is 5.00. The number of nitrogens with zero attached hydrogens (tertiary/aromatic N) is 1. The summed E-state index contributed by atoms with van der Waals surface area (Å²) in [7, 11) is 2.03. The lowest BCUT2D eigenvalue weighted by Gasteiger charge is -2.34. The molecule has 0 aromatic rings. The van der Waals surface area contributed by atoms with Gasteiger partial charge in [-0.25, -0.2) is 0 Å². The van der Waals surface area contributed by atoms with Crippen LogP contribution in [0.5, 0.6) is 0 Å². The molecule has 0 aliphatic carbocycles. The molecule has 80 valence electrons. The van der Waals surface area contributed by atoms with Crippen LogP contribution in [0.3, 0.4) is 0 Å². The van der Waals surface area contributed by atoms with Crippen molar-refractivity contribution in [2.24, 2.45) is 11.1 Å². The maximum Gasteiger partial charge on any atom is 0.0584 e. The lowest BCUT2D eigenvalue weighted by atomic mass is 9.87. The molecular formula is C10H24N2O. The summed E-state index contributed by atoms with van der Waals surface area (Å²) >= 11 is 0. The third kappa shape index (κ3) is 4.07. The number of hydrogen-bond donors (Lipinski definition) is 2. The average Bonchev–Trinajstić information content (AvgIpc) is 2.16. The van der Waals surface area contributed by atoms with Gasteiger partial charge in [0.05, 0.1) is 6.61 Å². The van der Waals surface area contributed by atoms with Crippen molar-refractivity contribution >= 4 is 0 Å². The summed E-state index contributed by atoms with van der Waals surface area (Å²) in [6.07, 6.45) is 1.08. The third-order valence-corrected chi connectivity index (χ3v) is 2.99. The first-order valence-electron chi connectivity index (χ1n) is 5.00. The second-order valence-electron chi connectivity index (χ2n) is 4.32. The highest BCUT2D eigenvalue weighted by molar-refractivity contribution is 4.78. The molecule has 2 atom stereocenters. The van der Waals surface area contributed by atoms with Crippen LogP contribution >= 0.6 is 0 Å². The van der Waals surface area contributed by atoms with Crippen molar-refractivity contribution in [3.05, 3.63) is 0 Å². The van der Waals surface area contributed by atoms with Gasteiger partial charge >= 0.3 is 0 Å². The van der Waals surface area contributed by atoms with E-state index in [0.717, 1.165) is 13.0 Å². The van der Waals surface area contributed by atoms with Crippen molar-refractivity contribution in [3.8, 4) is 0 Å². The smallest absolute Gasteiger partial charge is 0.0584 e.